The van der Waals surface area contributed by atoms with E-state index >= 15 is 0 Å². The van der Waals surface area contributed by atoms with Gasteiger partial charge in [0.15, 0.2) is 6.29 Å². The Morgan fingerprint density at radius 3 is 2.37 bits per heavy atom. The average molecular weight is 658 g/mol. The molecule has 49 heavy (non-hydrogen) atoms. The number of aromatic nitrogens is 1. The van der Waals surface area contributed by atoms with Gasteiger partial charge in [-0.3, -0.25) is 14.7 Å². The first-order valence-electron chi connectivity index (χ1n) is 16.7. The van der Waals surface area contributed by atoms with Crippen molar-refractivity contribution >= 4 is 5.91 Å². The topological polar surface area (TPSA) is 104 Å². The molecule has 1 fully saturated rings. The molecule has 0 saturated carbocycles. The monoisotopic (exact) mass is 657 g/mol. The highest BCUT2D eigenvalue weighted by molar-refractivity contribution is 5.93. The van der Waals surface area contributed by atoms with Crippen molar-refractivity contribution in [2.24, 2.45) is 0 Å². The lowest BCUT2D eigenvalue weighted by Crippen LogP contribution is -2.43. The molecule has 1 saturated heterocycles. The lowest BCUT2D eigenvalue weighted by Gasteiger charge is -2.39. The van der Waals surface area contributed by atoms with Gasteiger partial charge in [-0.1, -0.05) is 91.0 Å². The maximum atomic E-state index is 12.6. The van der Waals surface area contributed by atoms with Crippen molar-refractivity contribution < 1.29 is 24.5 Å². The van der Waals surface area contributed by atoms with Crippen molar-refractivity contribution in [1.29, 1.82) is 0 Å². The van der Waals surface area contributed by atoms with E-state index in [1.165, 1.54) is 0 Å². The second kappa shape index (κ2) is 16.1. The fourth-order valence-corrected chi connectivity index (χ4v) is 6.20. The first kappa shape index (κ1) is 34.2. The molecule has 1 amide bonds. The number of carbonyl (C=O) groups excluding carboxylic acids is 1. The summed E-state index contributed by atoms with van der Waals surface area (Å²) in [6.07, 6.45) is 2.18. The summed E-state index contributed by atoms with van der Waals surface area (Å²) in [6.45, 7) is 3.00. The Kier molecular flexibility index (Phi) is 11.3. The number of likely N-dealkylation sites (N-methyl/N-ethyl adjacent to an activating group) is 1. The van der Waals surface area contributed by atoms with Gasteiger partial charge in [0, 0.05) is 43.5 Å². The number of nitrogens with zero attached hydrogens (tertiary/aromatic N) is 2. The standard InChI is InChI=1S/C41H43N3O5/c1-28(39(46)32-10-4-3-5-11-32)44(2)26-37-23-38(31-18-16-29(27-45)17-19-31)49-41(48-37)35-14-7-13-34(22-35)33-12-6-9-30(21-33)24-43-40(47)36-15-8-20-42-25-36/h3-22,25,28,37-39,41,45-46H,23-24,26-27H2,1-2H3,(H,43,47)/t28-,37+,38-,39-,41-/m0/s1. The van der Waals surface area contributed by atoms with Gasteiger partial charge in [-0.15, -0.1) is 0 Å². The van der Waals surface area contributed by atoms with Crippen LogP contribution in [0.5, 0.6) is 0 Å². The van der Waals surface area contributed by atoms with Gasteiger partial charge in [0.25, 0.3) is 5.91 Å². The SMILES string of the molecule is C[C@@H]([C@H](O)c1ccccc1)N(C)C[C@H]1C[C@@H](c2ccc(CO)cc2)O[C@@H](c2cccc(-c3cccc(CNC(=O)c4cccnc4)c3)c2)O1. The van der Waals surface area contributed by atoms with Crippen LogP contribution in [-0.4, -0.2) is 51.7 Å². The first-order chi connectivity index (χ1) is 23.9. The predicted molar refractivity (Wildman–Crippen MR) is 189 cm³/mol. The number of pyridine rings is 1. The fourth-order valence-electron chi connectivity index (χ4n) is 6.20. The van der Waals surface area contributed by atoms with Crippen LogP contribution < -0.4 is 5.32 Å². The highest BCUT2D eigenvalue weighted by Crippen LogP contribution is 2.39. The van der Waals surface area contributed by atoms with Crippen LogP contribution in [0, 0.1) is 0 Å². The van der Waals surface area contributed by atoms with Crippen molar-refractivity contribution in [1.82, 2.24) is 15.2 Å². The molecule has 0 radical (unpaired) electrons. The van der Waals surface area contributed by atoms with Gasteiger partial charge in [0.2, 0.25) is 0 Å². The van der Waals surface area contributed by atoms with Crippen LogP contribution in [0.15, 0.2) is 128 Å². The van der Waals surface area contributed by atoms with Gasteiger partial charge in [-0.05, 0) is 71.6 Å². The second-order valence-corrected chi connectivity index (χ2v) is 12.6. The minimum Gasteiger partial charge on any atom is -0.392 e. The normalized spacial score (nSPS) is 18.9. The third-order valence-electron chi connectivity index (χ3n) is 9.20. The Labute approximate surface area is 288 Å². The first-order valence-corrected chi connectivity index (χ1v) is 16.7. The van der Waals surface area contributed by atoms with Crippen LogP contribution in [0.2, 0.25) is 0 Å². The number of nitrogens with one attached hydrogen (secondary N) is 1. The Morgan fingerprint density at radius 2 is 1.63 bits per heavy atom. The zero-order valence-electron chi connectivity index (χ0n) is 27.9. The van der Waals surface area contributed by atoms with Crippen LogP contribution in [0.25, 0.3) is 11.1 Å². The molecular weight excluding hydrogens is 614 g/mol. The maximum absolute atomic E-state index is 12.6. The molecule has 0 unspecified atom stereocenters. The Balaban J connectivity index is 1.20. The maximum Gasteiger partial charge on any atom is 0.253 e. The number of benzene rings is 4. The number of aliphatic hydroxyl groups is 2. The number of amides is 1. The van der Waals surface area contributed by atoms with E-state index in [0.717, 1.165) is 38.9 Å². The summed E-state index contributed by atoms with van der Waals surface area (Å²) >= 11 is 0. The molecule has 3 N–H and O–H groups in total. The molecular formula is C41H43N3O5. The van der Waals surface area contributed by atoms with E-state index < -0.39 is 12.4 Å². The van der Waals surface area contributed by atoms with Crippen molar-refractivity contribution in [2.75, 3.05) is 13.6 Å². The van der Waals surface area contributed by atoms with E-state index in [-0.39, 0.29) is 30.8 Å². The minimum atomic E-state index is -0.639. The summed E-state index contributed by atoms with van der Waals surface area (Å²) < 4.78 is 13.3. The van der Waals surface area contributed by atoms with E-state index in [1.807, 2.05) is 92.8 Å². The molecule has 0 bridgehead atoms. The molecule has 5 atom stereocenters. The number of hydrogen-bond acceptors (Lipinski definition) is 7. The van der Waals surface area contributed by atoms with Gasteiger partial charge < -0.3 is 25.0 Å². The Morgan fingerprint density at radius 1 is 0.878 bits per heavy atom. The van der Waals surface area contributed by atoms with Crippen molar-refractivity contribution in [2.45, 2.75) is 57.1 Å². The molecule has 252 valence electrons. The lowest BCUT2D eigenvalue weighted by atomic mass is 9.97. The second-order valence-electron chi connectivity index (χ2n) is 12.6. The molecule has 5 aromatic rings. The van der Waals surface area contributed by atoms with Crippen LogP contribution in [0.3, 0.4) is 0 Å². The number of ether oxygens (including phenoxy) is 2. The lowest BCUT2D eigenvalue weighted by molar-refractivity contribution is -0.253. The zero-order chi connectivity index (χ0) is 34.2. The van der Waals surface area contributed by atoms with Crippen LogP contribution in [0.1, 0.15) is 70.0 Å². The molecule has 0 aliphatic carbocycles. The quantitative estimate of drug-likeness (QED) is 0.136. The number of hydrogen-bond donors (Lipinski definition) is 3. The largest absolute Gasteiger partial charge is 0.392 e. The van der Waals surface area contributed by atoms with Crippen molar-refractivity contribution in [3.05, 3.63) is 161 Å². The summed E-state index contributed by atoms with van der Waals surface area (Å²) in [5.41, 5.74) is 7.17. The van der Waals surface area contributed by atoms with Crippen LogP contribution in [-0.2, 0) is 22.6 Å². The van der Waals surface area contributed by atoms with Crippen LogP contribution >= 0.6 is 0 Å². The minimum absolute atomic E-state index is 0.0164. The third-order valence-corrected chi connectivity index (χ3v) is 9.20. The van der Waals surface area contributed by atoms with Gasteiger partial charge in [-0.25, -0.2) is 0 Å². The van der Waals surface area contributed by atoms with Gasteiger partial charge in [-0.2, -0.15) is 0 Å². The third kappa shape index (κ3) is 8.67. The molecule has 1 aliphatic heterocycles. The highest BCUT2D eigenvalue weighted by Gasteiger charge is 2.34. The number of carbonyl (C=O) groups is 1. The summed E-state index contributed by atoms with van der Waals surface area (Å²) in [6, 6.07) is 37.2. The van der Waals surface area contributed by atoms with E-state index in [1.54, 1.807) is 24.5 Å². The molecule has 1 aromatic heterocycles. The molecule has 6 rings (SSSR count). The summed E-state index contributed by atoms with van der Waals surface area (Å²) in [4.78, 5) is 18.8. The molecule has 2 heterocycles. The zero-order valence-corrected chi connectivity index (χ0v) is 27.9. The predicted octanol–water partition coefficient (Wildman–Crippen LogP) is 6.77. The highest BCUT2D eigenvalue weighted by atomic mass is 16.7. The van der Waals surface area contributed by atoms with E-state index in [9.17, 15) is 15.0 Å². The van der Waals surface area contributed by atoms with E-state index in [4.69, 9.17) is 9.47 Å². The van der Waals surface area contributed by atoms with Crippen LogP contribution in [0.4, 0.5) is 0 Å². The average Bonchev–Trinajstić information content (AvgIpc) is 3.17. The van der Waals surface area contributed by atoms with Gasteiger partial charge in [0.05, 0.1) is 30.5 Å². The number of aliphatic hydroxyl groups excluding tert-OH is 2. The van der Waals surface area contributed by atoms with E-state index in [0.29, 0.717) is 25.1 Å². The van der Waals surface area contributed by atoms with Gasteiger partial charge in [0.1, 0.15) is 0 Å². The summed E-state index contributed by atoms with van der Waals surface area (Å²) in [5, 5.41) is 23.7. The molecule has 8 heteroatoms. The molecule has 4 aromatic carbocycles. The van der Waals surface area contributed by atoms with Crippen molar-refractivity contribution in [3.8, 4) is 11.1 Å². The van der Waals surface area contributed by atoms with Gasteiger partial charge >= 0.3 is 0 Å². The van der Waals surface area contributed by atoms with Crippen molar-refractivity contribution in [3.63, 3.8) is 0 Å². The fraction of sp³-hybridized carbons (Fsp3) is 0.268. The number of rotatable bonds is 12. The summed E-state index contributed by atoms with van der Waals surface area (Å²) in [5.74, 6) is -0.170. The smallest absolute Gasteiger partial charge is 0.253 e. The molecule has 1 aliphatic rings. The molecule has 8 nitrogen and oxygen atoms in total. The molecule has 0 spiro atoms. The van der Waals surface area contributed by atoms with E-state index in [2.05, 4.69) is 39.5 Å². The Bertz CT molecular complexity index is 1800. The Hall–Kier alpha value is -4.70. The summed E-state index contributed by atoms with van der Waals surface area (Å²) in [7, 11) is 2.02.